The Balaban J connectivity index is 0.00000242. The van der Waals surface area contributed by atoms with Crippen molar-refractivity contribution in [1.29, 1.82) is 0 Å². The number of hydrogen-bond donors (Lipinski definition) is 1. The molecule has 0 saturated carbocycles. The van der Waals surface area contributed by atoms with Crippen molar-refractivity contribution in [2.24, 2.45) is 11.1 Å². The highest BCUT2D eigenvalue weighted by Gasteiger charge is 2.36. The quantitative estimate of drug-likeness (QED) is 0.920. The summed E-state index contributed by atoms with van der Waals surface area (Å²) in [4.78, 5) is 14.4. The number of amides is 1. The minimum Gasteiger partial charge on any atom is -0.351 e. The van der Waals surface area contributed by atoms with Crippen LogP contribution in [0.4, 0.5) is 0 Å². The summed E-state index contributed by atoms with van der Waals surface area (Å²) >= 11 is 0. The summed E-state index contributed by atoms with van der Waals surface area (Å²) in [5.41, 5.74) is 6.94. The SMILES string of the molecule is CCC(CC)c1cc(C(=O)N2CCC(N)C(C)(C)C2)on1.Cl. The van der Waals surface area contributed by atoms with Crippen molar-refractivity contribution in [2.75, 3.05) is 13.1 Å². The molecule has 1 aliphatic rings. The normalized spacial score (nSPS) is 20.8. The molecule has 1 aromatic rings. The molecule has 0 radical (unpaired) electrons. The number of carbonyl (C=O) groups excluding carboxylic acids is 1. The van der Waals surface area contributed by atoms with E-state index >= 15 is 0 Å². The third-order valence-corrected chi connectivity index (χ3v) is 4.74. The lowest BCUT2D eigenvalue weighted by Gasteiger charge is -2.42. The fourth-order valence-electron chi connectivity index (χ4n) is 2.99. The highest BCUT2D eigenvalue weighted by molar-refractivity contribution is 5.91. The number of rotatable bonds is 4. The summed E-state index contributed by atoms with van der Waals surface area (Å²) in [6, 6.07) is 1.94. The predicted octanol–water partition coefficient (Wildman–Crippen LogP) is 3.20. The maximum atomic E-state index is 12.6. The molecule has 2 rings (SSSR count). The molecule has 0 bridgehead atoms. The summed E-state index contributed by atoms with van der Waals surface area (Å²) in [7, 11) is 0. The van der Waals surface area contributed by atoms with Gasteiger partial charge in [-0.1, -0.05) is 32.9 Å². The van der Waals surface area contributed by atoms with Gasteiger partial charge in [0.15, 0.2) is 0 Å². The third kappa shape index (κ3) is 3.82. The van der Waals surface area contributed by atoms with E-state index < -0.39 is 0 Å². The first kappa shape index (κ1) is 19.0. The second kappa shape index (κ2) is 7.47. The van der Waals surface area contributed by atoms with Crippen LogP contribution in [0.1, 0.15) is 69.1 Å². The molecule has 1 fully saturated rings. The minimum atomic E-state index is -0.0697. The molecule has 5 nitrogen and oxygen atoms in total. The Kier molecular flexibility index (Phi) is 6.44. The van der Waals surface area contributed by atoms with E-state index in [0.29, 0.717) is 24.8 Å². The highest BCUT2D eigenvalue weighted by atomic mass is 35.5. The van der Waals surface area contributed by atoms with Gasteiger partial charge < -0.3 is 15.2 Å². The molecule has 22 heavy (non-hydrogen) atoms. The van der Waals surface area contributed by atoms with E-state index in [9.17, 15) is 4.79 Å². The monoisotopic (exact) mass is 329 g/mol. The van der Waals surface area contributed by atoms with E-state index in [1.807, 2.05) is 11.0 Å². The highest BCUT2D eigenvalue weighted by Crippen LogP contribution is 2.29. The molecule has 0 aromatic carbocycles. The molecule has 2 N–H and O–H groups in total. The fourth-order valence-corrected chi connectivity index (χ4v) is 2.99. The molecule has 1 aliphatic heterocycles. The van der Waals surface area contributed by atoms with Crippen LogP contribution >= 0.6 is 12.4 Å². The Hall–Kier alpha value is -1.07. The molecular formula is C16H28ClN3O2. The number of aromatic nitrogens is 1. The van der Waals surface area contributed by atoms with Crippen molar-refractivity contribution in [3.63, 3.8) is 0 Å². The van der Waals surface area contributed by atoms with Gasteiger partial charge in [0.2, 0.25) is 5.76 Å². The summed E-state index contributed by atoms with van der Waals surface area (Å²) in [5.74, 6) is 0.643. The van der Waals surface area contributed by atoms with Crippen molar-refractivity contribution in [1.82, 2.24) is 10.1 Å². The Bertz CT molecular complexity index is 497. The van der Waals surface area contributed by atoms with Gasteiger partial charge >= 0.3 is 0 Å². The van der Waals surface area contributed by atoms with Gasteiger partial charge in [-0.15, -0.1) is 12.4 Å². The molecule has 1 atom stereocenters. The molecular weight excluding hydrogens is 302 g/mol. The molecule has 1 amide bonds. The van der Waals surface area contributed by atoms with Crippen molar-refractivity contribution < 1.29 is 9.32 Å². The van der Waals surface area contributed by atoms with E-state index in [1.54, 1.807) is 0 Å². The molecule has 126 valence electrons. The van der Waals surface area contributed by atoms with Crippen molar-refractivity contribution in [3.05, 3.63) is 17.5 Å². The van der Waals surface area contributed by atoms with E-state index in [-0.39, 0.29) is 29.8 Å². The van der Waals surface area contributed by atoms with Crippen molar-refractivity contribution in [2.45, 2.75) is 58.9 Å². The topological polar surface area (TPSA) is 72.4 Å². The van der Waals surface area contributed by atoms with Crippen LogP contribution in [-0.2, 0) is 0 Å². The van der Waals surface area contributed by atoms with E-state index in [2.05, 4.69) is 32.9 Å². The van der Waals surface area contributed by atoms with Gasteiger partial charge in [-0.05, 0) is 24.7 Å². The first-order valence-electron chi connectivity index (χ1n) is 7.90. The van der Waals surface area contributed by atoms with Crippen LogP contribution < -0.4 is 5.73 Å². The Labute approximate surface area is 139 Å². The van der Waals surface area contributed by atoms with E-state index in [0.717, 1.165) is 25.0 Å². The Morgan fingerprint density at radius 3 is 2.68 bits per heavy atom. The van der Waals surface area contributed by atoms with Gasteiger partial charge in [-0.2, -0.15) is 0 Å². The lowest BCUT2D eigenvalue weighted by Crippen LogP contribution is -2.53. The zero-order chi connectivity index (χ0) is 15.6. The van der Waals surface area contributed by atoms with Crippen LogP contribution in [0.5, 0.6) is 0 Å². The summed E-state index contributed by atoms with van der Waals surface area (Å²) in [6.07, 6.45) is 2.83. The number of carbonyl (C=O) groups is 1. The zero-order valence-electron chi connectivity index (χ0n) is 14.0. The van der Waals surface area contributed by atoms with Gasteiger partial charge in [0, 0.05) is 31.1 Å². The van der Waals surface area contributed by atoms with Gasteiger partial charge in [-0.25, -0.2) is 0 Å². The third-order valence-electron chi connectivity index (χ3n) is 4.74. The number of likely N-dealkylation sites (tertiary alicyclic amines) is 1. The Morgan fingerprint density at radius 1 is 1.50 bits per heavy atom. The molecule has 1 aromatic heterocycles. The second-order valence-electron chi connectivity index (χ2n) is 6.74. The van der Waals surface area contributed by atoms with Gasteiger partial charge in [0.25, 0.3) is 5.91 Å². The predicted molar refractivity (Wildman–Crippen MR) is 89.4 cm³/mol. The second-order valence-corrected chi connectivity index (χ2v) is 6.74. The molecule has 1 unspecified atom stereocenters. The average molecular weight is 330 g/mol. The molecule has 1 saturated heterocycles. The zero-order valence-corrected chi connectivity index (χ0v) is 14.8. The molecule has 0 aliphatic carbocycles. The van der Waals surface area contributed by atoms with E-state index in [1.165, 1.54) is 0 Å². The first-order chi connectivity index (χ1) is 9.89. The van der Waals surface area contributed by atoms with E-state index in [4.69, 9.17) is 10.3 Å². The van der Waals surface area contributed by atoms with Crippen LogP contribution in [0, 0.1) is 5.41 Å². The maximum absolute atomic E-state index is 12.6. The summed E-state index contributed by atoms with van der Waals surface area (Å²) < 4.78 is 5.29. The summed E-state index contributed by atoms with van der Waals surface area (Å²) in [6.45, 7) is 9.80. The number of nitrogens with zero attached hydrogens (tertiary/aromatic N) is 2. The van der Waals surface area contributed by atoms with Gasteiger partial charge in [-0.3, -0.25) is 4.79 Å². The van der Waals surface area contributed by atoms with Crippen LogP contribution in [0.15, 0.2) is 10.6 Å². The van der Waals surface area contributed by atoms with Crippen molar-refractivity contribution in [3.8, 4) is 0 Å². The van der Waals surface area contributed by atoms with Crippen LogP contribution in [-0.4, -0.2) is 35.1 Å². The lowest BCUT2D eigenvalue weighted by atomic mass is 9.79. The van der Waals surface area contributed by atoms with Gasteiger partial charge in [0.1, 0.15) is 0 Å². The fraction of sp³-hybridized carbons (Fsp3) is 0.750. The van der Waals surface area contributed by atoms with Crippen LogP contribution in [0.2, 0.25) is 0 Å². The first-order valence-corrected chi connectivity index (χ1v) is 7.90. The number of nitrogens with two attached hydrogens (primary N) is 1. The molecule has 6 heteroatoms. The molecule has 0 spiro atoms. The van der Waals surface area contributed by atoms with Gasteiger partial charge in [0.05, 0.1) is 5.69 Å². The van der Waals surface area contributed by atoms with Crippen LogP contribution in [0.3, 0.4) is 0 Å². The number of halogens is 1. The minimum absolute atomic E-state index is 0. The average Bonchev–Trinajstić information content (AvgIpc) is 2.92. The smallest absolute Gasteiger partial charge is 0.292 e. The standard InChI is InChI=1S/C16H27N3O2.ClH/c1-5-11(6-2)12-9-13(21-18-12)15(20)19-8-7-14(17)16(3,4)10-19;/h9,11,14H,5-8,10,17H2,1-4H3;1H. The Morgan fingerprint density at radius 2 is 2.14 bits per heavy atom. The molecule has 2 heterocycles. The largest absolute Gasteiger partial charge is 0.351 e. The lowest BCUT2D eigenvalue weighted by molar-refractivity contribution is 0.0495. The van der Waals surface area contributed by atoms with Crippen LogP contribution in [0.25, 0.3) is 0 Å². The number of hydrogen-bond acceptors (Lipinski definition) is 4. The summed E-state index contributed by atoms with van der Waals surface area (Å²) in [5, 5.41) is 4.08. The maximum Gasteiger partial charge on any atom is 0.292 e. The number of piperidine rings is 1. The van der Waals surface area contributed by atoms with Crippen molar-refractivity contribution >= 4 is 18.3 Å².